The fourth-order valence-corrected chi connectivity index (χ4v) is 2.19. The molecule has 2 N–H and O–H groups in total. The van der Waals surface area contributed by atoms with Crippen molar-refractivity contribution >= 4 is 27.6 Å². The maximum atomic E-state index is 13.7. The van der Waals surface area contributed by atoms with E-state index in [0.717, 1.165) is 16.2 Å². The third kappa shape index (κ3) is 3.72. The summed E-state index contributed by atoms with van der Waals surface area (Å²) < 4.78 is 19.6. The van der Waals surface area contributed by atoms with E-state index in [1.165, 1.54) is 12.1 Å². The molecule has 0 bridgehead atoms. The number of anilines is 1. The lowest BCUT2D eigenvalue weighted by Crippen LogP contribution is -2.05. The topological polar surface area (TPSA) is 58.6 Å². The molecule has 2 rings (SSSR count). The Morgan fingerprint density at radius 1 is 1.33 bits per heavy atom. The number of halogens is 2. The normalized spacial score (nSPS) is 10.2. The van der Waals surface area contributed by atoms with Crippen LogP contribution in [0, 0.1) is 5.82 Å². The molecule has 2 aromatic carbocycles. The van der Waals surface area contributed by atoms with Crippen LogP contribution in [0.2, 0.25) is 0 Å². The molecule has 0 aliphatic heterocycles. The summed E-state index contributed by atoms with van der Waals surface area (Å²) in [5.41, 5.74) is 1.07. The summed E-state index contributed by atoms with van der Waals surface area (Å²) in [7, 11) is 1.56. The van der Waals surface area contributed by atoms with Crippen molar-refractivity contribution in [2.75, 3.05) is 12.4 Å². The Hall–Kier alpha value is -2.08. The highest BCUT2D eigenvalue weighted by atomic mass is 79.9. The van der Waals surface area contributed by atoms with Crippen molar-refractivity contribution < 1.29 is 19.0 Å². The number of carboxylic acids is 1. The van der Waals surface area contributed by atoms with Crippen LogP contribution in [0.1, 0.15) is 15.9 Å². The number of aromatic carboxylic acids is 1. The molecule has 21 heavy (non-hydrogen) atoms. The highest BCUT2D eigenvalue weighted by Gasteiger charge is 2.09. The van der Waals surface area contributed by atoms with Crippen molar-refractivity contribution in [2.24, 2.45) is 0 Å². The number of nitrogens with one attached hydrogen (secondary N) is 1. The van der Waals surface area contributed by atoms with Gasteiger partial charge in [0, 0.05) is 22.6 Å². The smallest absolute Gasteiger partial charge is 0.335 e. The summed E-state index contributed by atoms with van der Waals surface area (Å²) in [4.78, 5) is 10.9. The molecular weight excluding hydrogens is 341 g/mol. The lowest BCUT2D eigenvalue weighted by atomic mass is 10.1. The number of benzene rings is 2. The van der Waals surface area contributed by atoms with Crippen LogP contribution in [0.15, 0.2) is 40.9 Å². The highest BCUT2D eigenvalue weighted by Crippen LogP contribution is 2.27. The van der Waals surface area contributed by atoms with Crippen molar-refractivity contribution in [3.05, 3.63) is 57.8 Å². The van der Waals surface area contributed by atoms with Gasteiger partial charge in [-0.15, -0.1) is 0 Å². The van der Waals surface area contributed by atoms with Gasteiger partial charge >= 0.3 is 5.97 Å². The van der Waals surface area contributed by atoms with E-state index >= 15 is 0 Å². The average Bonchev–Trinajstić information content (AvgIpc) is 2.47. The van der Waals surface area contributed by atoms with E-state index in [9.17, 15) is 9.18 Å². The molecular formula is C15H13BrFNO3. The zero-order valence-electron chi connectivity index (χ0n) is 11.2. The molecule has 2 aromatic rings. The van der Waals surface area contributed by atoms with E-state index in [1.807, 2.05) is 6.07 Å². The van der Waals surface area contributed by atoms with Crippen LogP contribution in [0.25, 0.3) is 0 Å². The number of rotatable bonds is 5. The minimum atomic E-state index is -1.08. The molecule has 0 spiro atoms. The first kappa shape index (κ1) is 15.3. The second-order valence-corrected chi connectivity index (χ2v) is 5.17. The molecule has 0 aliphatic carbocycles. The van der Waals surface area contributed by atoms with Gasteiger partial charge in [0.05, 0.1) is 18.4 Å². The van der Waals surface area contributed by atoms with Gasteiger partial charge in [-0.2, -0.15) is 0 Å². The van der Waals surface area contributed by atoms with E-state index in [2.05, 4.69) is 21.2 Å². The van der Waals surface area contributed by atoms with Gasteiger partial charge in [0.1, 0.15) is 11.6 Å². The van der Waals surface area contributed by atoms with Crippen LogP contribution in [0.4, 0.5) is 10.1 Å². The van der Waals surface area contributed by atoms with Gasteiger partial charge in [-0.05, 0) is 46.3 Å². The fourth-order valence-electron chi connectivity index (χ4n) is 1.80. The number of carbonyl (C=O) groups is 1. The average molecular weight is 354 g/mol. The minimum absolute atomic E-state index is 0.0536. The van der Waals surface area contributed by atoms with Crippen molar-refractivity contribution in [2.45, 2.75) is 6.54 Å². The third-order valence-electron chi connectivity index (χ3n) is 2.94. The van der Waals surface area contributed by atoms with E-state index in [-0.39, 0.29) is 17.7 Å². The molecule has 0 radical (unpaired) electrons. The molecule has 0 fully saturated rings. The standard InChI is InChI=1S/C15H13BrFNO3/c1-21-11-3-4-12(16)14(7-11)18-8-10-6-9(15(19)20)2-5-13(10)17/h2-7,18H,8H2,1H3,(H,19,20). The number of hydrogen-bond acceptors (Lipinski definition) is 3. The maximum Gasteiger partial charge on any atom is 0.335 e. The lowest BCUT2D eigenvalue weighted by Gasteiger charge is -2.11. The van der Waals surface area contributed by atoms with Crippen LogP contribution in [0.5, 0.6) is 5.75 Å². The second-order valence-electron chi connectivity index (χ2n) is 4.31. The molecule has 0 aliphatic rings. The number of hydrogen-bond donors (Lipinski definition) is 2. The van der Waals surface area contributed by atoms with Gasteiger partial charge in [0.15, 0.2) is 0 Å². The SMILES string of the molecule is COc1ccc(Br)c(NCc2cc(C(=O)O)ccc2F)c1. The number of methoxy groups -OCH3 is 1. The Bertz CT molecular complexity index is 676. The molecule has 4 nitrogen and oxygen atoms in total. The minimum Gasteiger partial charge on any atom is -0.497 e. The van der Waals surface area contributed by atoms with Crippen molar-refractivity contribution in [1.29, 1.82) is 0 Å². The Morgan fingerprint density at radius 3 is 2.76 bits per heavy atom. The Kier molecular flexibility index (Phi) is 4.80. The summed E-state index contributed by atoms with van der Waals surface area (Å²) in [5, 5.41) is 12.0. The fraction of sp³-hybridized carbons (Fsp3) is 0.133. The predicted molar refractivity (Wildman–Crippen MR) is 81.4 cm³/mol. The summed E-state index contributed by atoms with van der Waals surface area (Å²) >= 11 is 3.38. The van der Waals surface area contributed by atoms with Gasteiger partial charge in [-0.3, -0.25) is 0 Å². The monoisotopic (exact) mass is 353 g/mol. The van der Waals surface area contributed by atoms with E-state index in [0.29, 0.717) is 5.75 Å². The highest BCUT2D eigenvalue weighted by molar-refractivity contribution is 9.10. The maximum absolute atomic E-state index is 13.7. The van der Waals surface area contributed by atoms with E-state index in [1.54, 1.807) is 19.2 Å². The van der Waals surface area contributed by atoms with Gasteiger partial charge in [0.25, 0.3) is 0 Å². The van der Waals surface area contributed by atoms with Gasteiger partial charge in [-0.25, -0.2) is 9.18 Å². The predicted octanol–water partition coefficient (Wildman–Crippen LogP) is 3.91. The lowest BCUT2D eigenvalue weighted by molar-refractivity contribution is 0.0696. The Morgan fingerprint density at radius 2 is 2.10 bits per heavy atom. The second kappa shape index (κ2) is 6.58. The van der Waals surface area contributed by atoms with Crippen LogP contribution in [-0.2, 0) is 6.54 Å². The summed E-state index contributed by atoms with van der Waals surface area (Å²) in [6, 6.07) is 9.08. The molecule has 0 aromatic heterocycles. The van der Waals surface area contributed by atoms with Gasteiger partial charge in [-0.1, -0.05) is 0 Å². The van der Waals surface area contributed by atoms with Crippen LogP contribution in [-0.4, -0.2) is 18.2 Å². The zero-order chi connectivity index (χ0) is 15.4. The zero-order valence-corrected chi connectivity index (χ0v) is 12.8. The molecule has 110 valence electrons. The molecule has 0 atom stereocenters. The molecule has 0 heterocycles. The third-order valence-corrected chi connectivity index (χ3v) is 3.63. The van der Waals surface area contributed by atoms with Crippen LogP contribution < -0.4 is 10.1 Å². The molecule has 6 heteroatoms. The largest absolute Gasteiger partial charge is 0.497 e. The summed E-state index contributed by atoms with van der Waals surface area (Å²) in [5.74, 6) is -0.870. The molecule has 0 saturated carbocycles. The van der Waals surface area contributed by atoms with E-state index in [4.69, 9.17) is 9.84 Å². The summed E-state index contributed by atoms with van der Waals surface area (Å²) in [6.07, 6.45) is 0. The first-order valence-corrected chi connectivity index (χ1v) is 6.89. The number of ether oxygens (including phenoxy) is 1. The van der Waals surface area contributed by atoms with Crippen molar-refractivity contribution in [3.63, 3.8) is 0 Å². The molecule has 0 amide bonds. The number of carboxylic acid groups (broad SMARTS) is 1. The van der Waals surface area contributed by atoms with Gasteiger partial charge in [0.2, 0.25) is 0 Å². The van der Waals surface area contributed by atoms with Gasteiger partial charge < -0.3 is 15.2 Å². The first-order valence-electron chi connectivity index (χ1n) is 6.10. The van der Waals surface area contributed by atoms with Crippen molar-refractivity contribution in [3.8, 4) is 5.75 Å². The molecule has 0 saturated heterocycles. The Labute approximate surface area is 129 Å². The summed E-state index contributed by atoms with van der Waals surface area (Å²) in [6.45, 7) is 0.165. The quantitative estimate of drug-likeness (QED) is 0.855. The Balaban J connectivity index is 2.20. The van der Waals surface area contributed by atoms with Crippen LogP contribution >= 0.6 is 15.9 Å². The van der Waals surface area contributed by atoms with Crippen molar-refractivity contribution in [1.82, 2.24) is 0 Å². The first-order chi connectivity index (χ1) is 10.0. The molecule has 0 unspecified atom stereocenters. The van der Waals surface area contributed by atoms with E-state index < -0.39 is 11.8 Å². The van der Waals surface area contributed by atoms with Crippen LogP contribution in [0.3, 0.4) is 0 Å².